The largest absolute Gasteiger partial charge is 0.435 e. The summed E-state index contributed by atoms with van der Waals surface area (Å²) in [5.41, 5.74) is 5.91. The highest BCUT2D eigenvalue weighted by Gasteiger charge is 2.29. The van der Waals surface area contributed by atoms with Gasteiger partial charge in [0.05, 0.1) is 18.0 Å². The summed E-state index contributed by atoms with van der Waals surface area (Å²) in [5, 5.41) is 2.16. The Morgan fingerprint density at radius 2 is 1.88 bits per heavy atom. The average Bonchev–Trinajstić information content (AvgIpc) is 3.12. The van der Waals surface area contributed by atoms with Crippen molar-refractivity contribution < 1.29 is 4.42 Å². The number of benzene rings is 1. The van der Waals surface area contributed by atoms with Crippen molar-refractivity contribution in [3.05, 3.63) is 53.9 Å². The van der Waals surface area contributed by atoms with Gasteiger partial charge in [0, 0.05) is 29.7 Å². The molecule has 124 valence electrons. The zero-order valence-corrected chi connectivity index (χ0v) is 14.4. The normalized spacial score (nSPS) is 13.9. The highest BCUT2D eigenvalue weighted by atomic mass is 16.3. The molecule has 0 radical (unpaired) electrons. The number of hydrogen-bond donors (Lipinski definition) is 0. The van der Waals surface area contributed by atoms with E-state index < -0.39 is 0 Å². The Morgan fingerprint density at radius 1 is 1.04 bits per heavy atom. The van der Waals surface area contributed by atoms with Crippen LogP contribution in [0, 0.1) is 13.8 Å². The van der Waals surface area contributed by atoms with E-state index in [-0.39, 0.29) is 0 Å². The molecule has 0 fully saturated rings. The van der Waals surface area contributed by atoms with Crippen molar-refractivity contribution in [3.8, 4) is 0 Å². The summed E-state index contributed by atoms with van der Waals surface area (Å²) in [6, 6.07) is 12.5. The molecule has 25 heavy (non-hydrogen) atoms. The van der Waals surface area contributed by atoms with Gasteiger partial charge in [-0.3, -0.25) is 0 Å². The van der Waals surface area contributed by atoms with Crippen LogP contribution >= 0.6 is 0 Å². The van der Waals surface area contributed by atoms with Gasteiger partial charge in [0.25, 0.3) is 0 Å². The van der Waals surface area contributed by atoms with Crippen molar-refractivity contribution in [1.29, 1.82) is 0 Å². The Kier molecular flexibility index (Phi) is 2.83. The smallest absolute Gasteiger partial charge is 0.227 e. The molecule has 0 bridgehead atoms. The maximum atomic E-state index is 6.22. The summed E-state index contributed by atoms with van der Waals surface area (Å²) in [7, 11) is 2.06. The van der Waals surface area contributed by atoms with Gasteiger partial charge in [-0.05, 0) is 43.7 Å². The van der Waals surface area contributed by atoms with Crippen molar-refractivity contribution >= 4 is 39.3 Å². The van der Waals surface area contributed by atoms with Crippen molar-refractivity contribution in [1.82, 2.24) is 9.97 Å². The van der Waals surface area contributed by atoms with Crippen LogP contribution in [0.2, 0.25) is 0 Å². The van der Waals surface area contributed by atoms with E-state index >= 15 is 0 Å². The number of pyridine rings is 2. The zero-order valence-electron chi connectivity index (χ0n) is 14.4. The minimum Gasteiger partial charge on any atom is -0.435 e. The second-order valence-electron chi connectivity index (χ2n) is 6.63. The molecule has 1 aliphatic heterocycles. The van der Waals surface area contributed by atoms with Crippen molar-refractivity contribution in [2.45, 2.75) is 13.8 Å². The highest BCUT2D eigenvalue weighted by molar-refractivity contribution is 6.09. The molecule has 0 atom stereocenters. The number of fused-ring (bicyclic) bond motifs is 4. The van der Waals surface area contributed by atoms with Crippen LogP contribution in [0.15, 0.2) is 47.0 Å². The van der Waals surface area contributed by atoms with Gasteiger partial charge in [0.2, 0.25) is 5.71 Å². The first kappa shape index (κ1) is 14.3. The topological polar surface area (TPSA) is 45.4 Å². The summed E-state index contributed by atoms with van der Waals surface area (Å²) >= 11 is 0. The zero-order chi connectivity index (χ0) is 17.1. The predicted octanol–water partition coefficient (Wildman–Crippen LogP) is 4.54. The van der Waals surface area contributed by atoms with E-state index in [1.165, 1.54) is 5.56 Å². The van der Waals surface area contributed by atoms with Gasteiger partial charge in [-0.25, -0.2) is 9.97 Å². The summed E-state index contributed by atoms with van der Waals surface area (Å²) in [6.07, 6.45) is 1.83. The van der Waals surface area contributed by atoms with Crippen molar-refractivity contribution in [3.63, 3.8) is 0 Å². The lowest BCUT2D eigenvalue weighted by molar-refractivity contribution is 0.651. The van der Waals surface area contributed by atoms with Crippen LogP contribution in [0.1, 0.15) is 11.3 Å². The Hall–Kier alpha value is -3.08. The fourth-order valence-electron chi connectivity index (χ4n) is 3.67. The standard InChI is InChI=1S/C20H18N4O/c1-12-6-8-14-15-9-7-13(2)22-20(15)25-18(14)17(12)24-11-23(3)19-16(24)5-4-10-21-19/h4-10H,11H2,1-3H3. The number of nitrogens with zero attached hydrogens (tertiary/aromatic N) is 4. The van der Waals surface area contributed by atoms with Crippen molar-refractivity contribution in [2.24, 2.45) is 0 Å². The molecule has 5 heteroatoms. The summed E-state index contributed by atoms with van der Waals surface area (Å²) in [5.74, 6) is 0.990. The number of rotatable bonds is 1. The van der Waals surface area contributed by atoms with Crippen LogP contribution in [-0.2, 0) is 0 Å². The molecule has 5 rings (SSSR count). The fraction of sp³-hybridized carbons (Fsp3) is 0.200. The molecule has 1 aromatic carbocycles. The van der Waals surface area contributed by atoms with Gasteiger partial charge >= 0.3 is 0 Å². The molecule has 0 saturated carbocycles. The number of anilines is 3. The second-order valence-corrected chi connectivity index (χ2v) is 6.63. The number of aryl methyl sites for hydroxylation is 2. The summed E-state index contributed by atoms with van der Waals surface area (Å²) in [6.45, 7) is 4.85. The van der Waals surface area contributed by atoms with Gasteiger partial charge in [-0.15, -0.1) is 0 Å². The Bertz CT molecular complexity index is 1130. The molecule has 5 nitrogen and oxygen atoms in total. The summed E-state index contributed by atoms with van der Waals surface area (Å²) < 4.78 is 6.22. The molecule has 0 unspecified atom stereocenters. The molecule has 3 aromatic heterocycles. The molecular weight excluding hydrogens is 312 g/mol. The third kappa shape index (κ3) is 1.95. The third-order valence-corrected chi connectivity index (χ3v) is 4.86. The van der Waals surface area contributed by atoms with Crippen molar-refractivity contribution in [2.75, 3.05) is 23.5 Å². The lowest BCUT2D eigenvalue weighted by Crippen LogP contribution is -2.24. The molecule has 0 spiro atoms. The third-order valence-electron chi connectivity index (χ3n) is 4.86. The van der Waals surface area contributed by atoms with E-state index in [1.807, 2.05) is 25.3 Å². The van der Waals surface area contributed by atoms with Gasteiger partial charge in [0.1, 0.15) is 0 Å². The molecule has 4 heterocycles. The van der Waals surface area contributed by atoms with E-state index in [1.54, 1.807) is 0 Å². The maximum Gasteiger partial charge on any atom is 0.227 e. The first-order valence-corrected chi connectivity index (χ1v) is 8.36. The average molecular weight is 330 g/mol. The molecule has 4 aromatic rings. The SMILES string of the molecule is Cc1ccc2c(n1)oc1c(N3CN(C)c4ncccc43)c(C)ccc12. The van der Waals surface area contributed by atoms with Gasteiger partial charge in [0.15, 0.2) is 11.4 Å². The Morgan fingerprint density at radius 3 is 2.76 bits per heavy atom. The van der Waals surface area contributed by atoms with E-state index in [4.69, 9.17) is 4.42 Å². The molecule has 1 aliphatic rings. The van der Waals surface area contributed by atoms with E-state index in [2.05, 4.69) is 58.0 Å². The van der Waals surface area contributed by atoms with Crippen LogP contribution in [0.3, 0.4) is 0 Å². The number of furan rings is 1. The minimum absolute atomic E-state index is 0.695. The van der Waals surface area contributed by atoms with Crippen LogP contribution in [0.4, 0.5) is 17.2 Å². The highest BCUT2D eigenvalue weighted by Crippen LogP contribution is 2.44. The van der Waals surface area contributed by atoms with Crippen LogP contribution in [0.5, 0.6) is 0 Å². The molecule has 0 N–H and O–H groups in total. The summed E-state index contributed by atoms with van der Waals surface area (Å²) in [4.78, 5) is 13.5. The Balaban J connectivity index is 1.82. The maximum absolute atomic E-state index is 6.22. The van der Waals surface area contributed by atoms with Gasteiger partial charge < -0.3 is 14.2 Å². The quantitative estimate of drug-likeness (QED) is 0.513. The first-order valence-electron chi connectivity index (χ1n) is 8.36. The van der Waals surface area contributed by atoms with Crippen LogP contribution in [0.25, 0.3) is 22.1 Å². The first-order chi connectivity index (χ1) is 12.1. The van der Waals surface area contributed by atoms with E-state index in [9.17, 15) is 0 Å². The molecule has 0 amide bonds. The number of aromatic nitrogens is 2. The van der Waals surface area contributed by atoms with E-state index in [0.717, 1.165) is 45.9 Å². The van der Waals surface area contributed by atoms with E-state index in [0.29, 0.717) is 5.71 Å². The monoisotopic (exact) mass is 330 g/mol. The lowest BCUT2D eigenvalue weighted by Gasteiger charge is -2.21. The number of hydrogen-bond acceptors (Lipinski definition) is 5. The van der Waals surface area contributed by atoms with Gasteiger partial charge in [-0.1, -0.05) is 12.1 Å². The minimum atomic E-state index is 0.695. The molecule has 0 saturated heterocycles. The molecular formula is C20H18N4O. The van der Waals surface area contributed by atoms with Crippen LogP contribution in [-0.4, -0.2) is 23.7 Å². The second kappa shape index (κ2) is 4.96. The fourth-order valence-corrected chi connectivity index (χ4v) is 3.67. The lowest BCUT2D eigenvalue weighted by atomic mass is 10.1. The predicted molar refractivity (Wildman–Crippen MR) is 101 cm³/mol. The van der Waals surface area contributed by atoms with Crippen LogP contribution < -0.4 is 9.80 Å². The Labute approximate surface area is 145 Å². The van der Waals surface area contributed by atoms with Gasteiger partial charge in [-0.2, -0.15) is 0 Å². The molecule has 0 aliphatic carbocycles.